The number of carbonyl (C=O) groups is 1. The maximum absolute atomic E-state index is 11.9. The number of hydrogen-bond donors (Lipinski definition) is 1. The first-order valence-corrected chi connectivity index (χ1v) is 9.00. The van der Waals surface area contributed by atoms with Gasteiger partial charge in [-0.25, -0.2) is 4.98 Å². The lowest BCUT2D eigenvalue weighted by atomic mass is 10.1. The smallest absolute Gasteiger partial charge is 0.226 e. The van der Waals surface area contributed by atoms with Crippen LogP contribution in [0, 0.1) is 6.92 Å². The molecule has 2 heterocycles. The van der Waals surface area contributed by atoms with Crippen molar-refractivity contribution in [3.05, 3.63) is 65.4 Å². The van der Waals surface area contributed by atoms with E-state index in [1.807, 2.05) is 31.2 Å². The van der Waals surface area contributed by atoms with Crippen LogP contribution < -0.4 is 5.32 Å². The van der Waals surface area contributed by atoms with Crippen LogP contribution in [0.5, 0.6) is 0 Å². The van der Waals surface area contributed by atoms with Crippen LogP contribution in [-0.4, -0.2) is 10.9 Å². The molecule has 0 saturated heterocycles. The van der Waals surface area contributed by atoms with Crippen LogP contribution in [0.15, 0.2) is 51.5 Å². The third kappa shape index (κ3) is 4.63. The van der Waals surface area contributed by atoms with Gasteiger partial charge in [0.1, 0.15) is 11.5 Å². The molecule has 0 atom stereocenters. The van der Waals surface area contributed by atoms with Crippen molar-refractivity contribution in [2.45, 2.75) is 46.1 Å². The Bertz CT molecular complexity index is 833. The highest BCUT2D eigenvalue weighted by molar-refractivity contribution is 5.75. The number of rotatable bonds is 8. The molecule has 0 aliphatic heterocycles. The van der Waals surface area contributed by atoms with Crippen molar-refractivity contribution >= 4 is 5.91 Å². The zero-order valence-corrected chi connectivity index (χ0v) is 15.2. The topological polar surface area (TPSA) is 68.3 Å². The molecule has 1 amide bonds. The Morgan fingerprint density at radius 3 is 2.69 bits per heavy atom. The fourth-order valence-corrected chi connectivity index (χ4v) is 2.77. The first-order valence-electron chi connectivity index (χ1n) is 9.00. The van der Waals surface area contributed by atoms with Crippen LogP contribution in [0.25, 0.3) is 11.5 Å². The van der Waals surface area contributed by atoms with Crippen molar-refractivity contribution in [1.29, 1.82) is 0 Å². The molecule has 136 valence electrons. The van der Waals surface area contributed by atoms with Crippen molar-refractivity contribution in [3.63, 3.8) is 0 Å². The van der Waals surface area contributed by atoms with E-state index < -0.39 is 0 Å². The second-order valence-corrected chi connectivity index (χ2v) is 6.28. The van der Waals surface area contributed by atoms with Crippen LogP contribution in [0.1, 0.15) is 42.5 Å². The fourth-order valence-electron chi connectivity index (χ4n) is 2.77. The fraction of sp³-hybridized carbons (Fsp3) is 0.333. The molecule has 0 aliphatic carbocycles. The predicted octanol–water partition coefficient (Wildman–Crippen LogP) is 4.44. The van der Waals surface area contributed by atoms with Crippen LogP contribution in [-0.2, 0) is 24.2 Å². The number of nitrogens with zero attached hydrogens (tertiary/aromatic N) is 1. The summed E-state index contributed by atoms with van der Waals surface area (Å²) in [7, 11) is 0. The Kier molecular flexibility index (Phi) is 5.89. The maximum Gasteiger partial charge on any atom is 0.226 e. The van der Waals surface area contributed by atoms with Crippen LogP contribution in [0.3, 0.4) is 0 Å². The number of furan rings is 1. The lowest BCUT2D eigenvalue weighted by Gasteiger charge is -2.02. The number of hydrogen-bond acceptors (Lipinski definition) is 4. The molecule has 5 heteroatoms. The molecule has 3 aromatic rings. The highest BCUT2D eigenvalue weighted by Crippen LogP contribution is 2.23. The quantitative estimate of drug-likeness (QED) is 0.650. The van der Waals surface area contributed by atoms with E-state index in [9.17, 15) is 4.79 Å². The van der Waals surface area contributed by atoms with E-state index in [2.05, 4.69) is 29.4 Å². The van der Waals surface area contributed by atoms with Crippen molar-refractivity contribution in [2.75, 3.05) is 0 Å². The molecule has 1 aromatic carbocycles. The number of amides is 1. The summed E-state index contributed by atoms with van der Waals surface area (Å²) in [6, 6.07) is 11.9. The molecule has 0 fully saturated rings. The summed E-state index contributed by atoms with van der Waals surface area (Å²) in [5.74, 6) is 2.22. The molecule has 3 rings (SSSR count). The Morgan fingerprint density at radius 2 is 2.00 bits per heavy atom. The molecule has 5 nitrogen and oxygen atoms in total. The van der Waals surface area contributed by atoms with E-state index >= 15 is 0 Å². The standard InChI is InChI=1S/C21H24N2O3/c1-3-16-9-11-17(12-10-16)21-23-19(15(2)26-21)7-4-8-20(24)22-14-18-6-5-13-25-18/h5-6,9-13H,3-4,7-8,14H2,1-2H3,(H,22,24). The molecule has 1 N–H and O–H groups in total. The number of benzene rings is 1. The van der Waals surface area contributed by atoms with Gasteiger partial charge in [-0.15, -0.1) is 0 Å². The number of aromatic nitrogens is 1. The first-order chi connectivity index (χ1) is 12.7. The minimum atomic E-state index is 0.0120. The summed E-state index contributed by atoms with van der Waals surface area (Å²) in [5.41, 5.74) is 3.18. The SMILES string of the molecule is CCc1ccc(-c2nc(CCCC(=O)NCc3ccco3)c(C)o2)cc1. The largest absolute Gasteiger partial charge is 0.467 e. The summed E-state index contributed by atoms with van der Waals surface area (Å²) in [4.78, 5) is 16.5. The van der Waals surface area contributed by atoms with Crippen molar-refractivity contribution in [3.8, 4) is 11.5 Å². The maximum atomic E-state index is 11.9. The van der Waals surface area contributed by atoms with Gasteiger partial charge in [0.25, 0.3) is 0 Å². The Hall–Kier alpha value is -2.82. The molecule has 0 aliphatic rings. The summed E-state index contributed by atoms with van der Waals surface area (Å²) >= 11 is 0. The highest BCUT2D eigenvalue weighted by atomic mass is 16.4. The first kappa shape index (κ1) is 18.0. The average molecular weight is 352 g/mol. The molecule has 0 radical (unpaired) electrons. The van der Waals surface area contributed by atoms with E-state index in [1.54, 1.807) is 6.26 Å². The predicted molar refractivity (Wildman–Crippen MR) is 99.5 cm³/mol. The number of oxazole rings is 1. The summed E-state index contributed by atoms with van der Waals surface area (Å²) in [6.45, 7) is 4.48. The van der Waals surface area contributed by atoms with Gasteiger partial charge in [-0.1, -0.05) is 19.1 Å². The lowest BCUT2D eigenvalue weighted by Crippen LogP contribution is -2.22. The van der Waals surface area contributed by atoms with E-state index in [0.29, 0.717) is 18.9 Å². The molecular formula is C21H24N2O3. The Morgan fingerprint density at radius 1 is 1.19 bits per heavy atom. The number of nitrogens with one attached hydrogen (secondary N) is 1. The molecule has 0 saturated carbocycles. The average Bonchev–Trinajstić information content (AvgIpc) is 3.30. The summed E-state index contributed by atoms with van der Waals surface area (Å²) in [6.07, 6.45) is 4.51. The minimum absolute atomic E-state index is 0.0120. The van der Waals surface area contributed by atoms with Crippen molar-refractivity contribution < 1.29 is 13.6 Å². The van der Waals surface area contributed by atoms with Gasteiger partial charge in [0.2, 0.25) is 11.8 Å². The summed E-state index contributed by atoms with van der Waals surface area (Å²) in [5, 5.41) is 2.85. The van der Waals surface area contributed by atoms with Gasteiger partial charge in [-0.05, 0) is 56.0 Å². The molecule has 2 aromatic heterocycles. The van der Waals surface area contributed by atoms with Crippen LogP contribution >= 0.6 is 0 Å². The second-order valence-electron chi connectivity index (χ2n) is 6.28. The molecular weight excluding hydrogens is 328 g/mol. The molecule has 0 unspecified atom stereocenters. The van der Waals surface area contributed by atoms with Gasteiger partial charge < -0.3 is 14.2 Å². The van der Waals surface area contributed by atoms with Gasteiger partial charge >= 0.3 is 0 Å². The van der Waals surface area contributed by atoms with Gasteiger partial charge in [0.15, 0.2) is 0 Å². The Labute approximate surface area is 153 Å². The lowest BCUT2D eigenvalue weighted by molar-refractivity contribution is -0.121. The van der Waals surface area contributed by atoms with Gasteiger partial charge in [-0.3, -0.25) is 4.79 Å². The number of carbonyl (C=O) groups excluding carboxylic acids is 1. The zero-order valence-electron chi connectivity index (χ0n) is 15.2. The van der Waals surface area contributed by atoms with Gasteiger partial charge in [0.05, 0.1) is 18.5 Å². The van der Waals surface area contributed by atoms with E-state index in [-0.39, 0.29) is 5.91 Å². The van der Waals surface area contributed by atoms with Crippen molar-refractivity contribution in [2.24, 2.45) is 0 Å². The zero-order chi connectivity index (χ0) is 18.4. The minimum Gasteiger partial charge on any atom is -0.467 e. The van der Waals surface area contributed by atoms with E-state index in [1.165, 1.54) is 5.56 Å². The molecule has 0 bridgehead atoms. The second kappa shape index (κ2) is 8.52. The normalized spacial score (nSPS) is 10.8. The monoisotopic (exact) mass is 352 g/mol. The van der Waals surface area contributed by atoms with Crippen molar-refractivity contribution in [1.82, 2.24) is 10.3 Å². The molecule has 0 spiro atoms. The highest BCUT2D eigenvalue weighted by Gasteiger charge is 2.12. The number of aryl methyl sites for hydroxylation is 3. The van der Waals surface area contributed by atoms with E-state index in [4.69, 9.17) is 8.83 Å². The van der Waals surface area contributed by atoms with E-state index in [0.717, 1.165) is 42.0 Å². The Balaban J connectivity index is 1.50. The van der Waals surface area contributed by atoms with Gasteiger partial charge in [0, 0.05) is 12.0 Å². The third-order valence-electron chi connectivity index (χ3n) is 4.36. The van der Waals surface area contributed by atoms with Gasteiger partial charge in [-0.2, -0.15) is 0 Å². The van der Waals surface area contributed by atoms with Crippen LogP contribution in [0.2, 0.25) is 0 Å². The third-order valence-corrected chi connectivity index (χ3v) is 4.36. The van der Waals surface area contributed by atoms with Crippen LogP contribution in [0.4, 0.5) is 0 Å². The molecule has 26 heavy (non-hydrogen) atoms. The summed E-state index contributed by atoms with van der Waals surface area (Å²) < 4.78 is 11.0.